The number of carboxylic acid groups (broad SMARTS) is 1. The molecule has 0 aliphatic heterocycles. The topological polar surface area (TPSA) is 68.2 Å². The predicted octanol–water partition coefficient (Wildman–Crippen LogP) is 3.24. The van der Waals surface area contributed by atoms with Crippen molar-refractivity contribution in [1.82, 2.24) is 4.57 Å². The predicted molar refractivity (Wildman–Crippen MR) is 80.7 cm³/mol. The van der Waals surface area contributed by atoms with E-state index in [9.17, 15) is 4.79 Å². The average Bonchev–Trinajstić information content (AvgIpc) is 2.73. The number of aryl methyl sites for hydroxylation is 1. The number of aromatic nitrogens is 1. The van der Waals surface area contributed by atoms with Crippen molar-refractivity contribution in [2.24, 2.45) is 0 Å². The number of rotatable bonds is 4. The van der Waals surface area contributed by atoms with Gasteiger partial charge in [0.1, 0.15) is 0 Å². The zero-order chi connectivity index (χ0) is 14.1. The third-order valence-electron chi connectivity index (χ3n) is 3.57. The van der Waals surface area contributed by atoms with E-state index in [1.807, 2.05) is 30.3 Å². The molecule has 0 aliphatic carbocycles. The van der Waals surface area contributed by atoms with Crippen molar-refractivity contribution in [1.29, 1.82) is 0 Å². The van der Waals surface area contributed by atoms with Crippen LogP contribution in [0, 0.1) is 0 Å². The lowest BCUT2D eigenvalue weighted by atomic mass is 10.1. The number of para-hydroxylation sites is 1. The maximum absolute atomic E-state index is 10.7. The number of hydrogen-bond donors (Lipinski definition) is 2. The third kappa shape index (κ3) is 2.09. The second kappa shape index (κ2) is 4.89. The molecule has 0 atom stereocenters. The first kappa shape index (κ1) is 12.5. The van der Waals surface area contributed by atoms with Crippen molar-refractivity contribution in [3.8, 4) is 0 Å². The van der Waals surface area contributed by atoms with Gasteiger partial charge in [-0.15, -0.1) is 0 Å². The Balaban J connectivity index is 2.14. The van der Waals surface area contributed by atoms with Crippen LogP contribution in [0.15, 0.2) is 42.5 Å². The summed E-state index contributed by atoms with van der Waals surface area (Å²) < 4.78 is 2.17. The number of fused-ring (bicyclic) bond motifs is 3. The van der Waals surface area contributed by atoms with E-state index in [-0.39, 0.29) is 6.42 Å². The van der Waals surface area contributed by atoms with Crippen LogP contribution in [-0.4, -0.2) is 15.6 Å². The molecule has 0 saturated heterocycles. The largest absolute Gasteiger partial charge is 0.481 e. The van der Waals surface area contributed by atoms with Crippen LogP contribution in [0.5, 0.6) is 0 Å². The number of benzene rings is 2. The highest BCUT2D eigenvalue weighted by molar-refractivity contribution is 6.08. The normalized spacial score (nSPS) is 11.2. The van der Waals surface area contributed by atoms with Gasteiger partial charge in [-0.25, -0.2) is 0 Å². The molecule has 1 heterocycles. The van der Waals surface area contributed by atoms with Gasteiger partial charge in [0.05, 0.1) is 0 Å². The van der Waals surface area contributed by atoms with Gasteiger partial charge in [-0.05, 0) is 30.7 Å². The van der Waals surface area contributed by atoms with Crippen molar-refractivity contribution >= 4 is 33.5 Å². The molecule has 0 aliphatic rings. The smallest absolute Gasteiger partial charge is 0.303 e. The van der Waals surface area contributed by atoms with Crippen LogP contribution >= 0.6 is 0 Å². The molecule has 0 radical (unpaired) electrons. The molecule has 0 fully saturated rings. The van der Waals surface area contributed by atoms with Crippen LogP contribution in [0.4, 0.5) is 5.69 Å². The summed E-state index contributed by atoms with van der Waals surface area (Å²) in [6.45, 7) is 0.695. The molecule has 0 unspecified atom stereocenters. The molecule has 20 heavy (non-hydrogen) atoms. The van der Waals surface area contributed by atoms with Crippen molar-refractivity contribution < 1.29 is 9.90 Å². The maximum Gasteiger partial charge on any atom is 0.303 e. The number of carboxylic acids is 1. The monoisotopic (exact) mass is 268 g/mol. The third-order valence-corrected chi connectivity index (χ3v) is 3.57. The summed E-state index contributed by atoms with van der Waals surface area (Å²) in [7, 11) is 0. The van der Waals surface area contributed by atoms with Crippen molar-refractivity contribution in [2.75, 3.05) is 5.73 Å². The van der Waals surface area contributed by atoms with Gasteiger partial charge in [0.15, 0.2) is 0 Å². The SMILES string of the molecule is Nc1ccc2c(c1)c1ccccc1n2CCCC(=O)O. The average molecular weight is 268 g/mol. The number of nitrogen functional groups attached to an aromatic ring is 1. The van der Waals surface area contributed by atoms with E-state index in [4.69, 9.17) is 10.8 Å². The Kier molecular flexibility index (Phi) is 3.06. The molecule has 0 bridgehead atoms. The molecule has 4 nitrogen and oxygen atoms in total. The fraction of sp³-hybridized carbons (Fsp3) is 0.188. The Morgan fingerprint density at radius 3 is 2.65 bits per heavy atom. The summed E-state index contributed by atoms with van der Waals surface area (Å²) >= 11 is 0. The minimum Gasteiger partial charge on any atom is -0.481 e. The van der Waals surface area contributed by atoms with Gasteiger partial charge in [-0.1, -0.05) is 18.2 Å². The van der Waals surface area contributed by atoms with Crippen LogP contribution in [0.25, 0.3) is 21.8 Å². The van der Waals surface area contributed by atoms with Crippen molar-refractivity contribution in [3.63, 3.8) is 0 Å². The first-order valence-electron chi connectivity index (χ1n) is 6.65. The van der Waals surface area contributed by atoms with E-state index in [1.54, 1.807) is 0 Å². The lowest BCUT2D eigenvalue weighted by molar-refractivity contribution is -0.137. The molecule has 3 rings (SSSR count). The number of nitrogens with zero attached hydrogens (tertiary/aromatic N) is 1. The molecule has 0 saturated carbocycles. The van der Waals surface area contributed by atoms with Gasteiger partial charge >= 0.3 is 5.97 Å². The van der Waals surface area contributed by atoms with E-state index in [1.165, 1.54) is 0 Å². The molecule has 1 aromatic heterocycles. The molecule has 4 heteroatoms. The number of anilines is 1. The first-order chi connectivity index (χ1) is 9.66. The molecular formula is C16H16N2O2. The van der Waals surface area contributed by atoms with Crippen molar-refractivity contribution in [3.05, 3.63) is 42.5 Å². The summed E-state index contributed by atoms with van der Waals surface area (Å²) in [5, 5.41) is 11.1. The fourth-order valence-electron chi connectivity index (χ4n) is 2.70. The van der Waals surface area contributed by atoms with Crippen LogP contribution in [0.3, 0.4) is 0 Å². The zero-order valence-electron chi connectivity index (χ0n) is 11.0. The van der Waals surface area contributed by atoms with Crippen LogP contribution in [0.1, 0.15) is 12.8 Å². The number of aliphatic carboxylic acids is 1. The van der Waals surface area contributed by atoms with Gasteiger partial charge in [0.2, 0.25) is 0 Å². The molecule has 0 spiro atoms. The quantitative estimate of drug-likeness (QED) is 0.714. The minimum atomic E-state index is -0.755. The van der Waals surface area contributed by atoms with E-state index < -0.39 is 5.97 Å². The van der Waals surface area contributed by atoms with Gasteiger partial charge in [0.25, 0.3) is 0 Å². The molecule has 102 valence electrons. The second-order valence-corrected chi connectivity index (χ2v) is 4.94. The maximum atomic E-state index is 10.7. The standard InChI is InChI=1S/C16H16N2O2/c17-11-7-8-15-13(10-11)12-4-1-2-5-14(12)18(15)9-3-6-16(19)20/h1-2,4-5,7-8,10H,3,6,9,17H2,(H,19,20). The fourth-order valence-corrected chi connectivity index (χ4v) is 2.70. The van der Waals surface area contributed by atoms with Gasteiger partial charge in [-0.2, -0.15) is 0 Å². The van der Waals surface area contributed by atoms with Crippen LogP contribution in [-0.2, 0) is 11.3 Å². The van der Waals surface area contributed by atoms with Gasteiger partial charge < -0.3 is 15.4 Å². The number of nitrogens with two attached hydrogens (primary N) is 1. The molecule has 0 amide bonds. The molecule has 3 N–H and O–H groups in total. The summed E-state index contributed by atoms with van der Waals surface area (Å²) in [6.07, 6.45) is 0.802. The second-order valence-electron chi connectivity index (χ2n) is 4.94. The van der Waals surface area contributed by atoms with E-state index in [2.05, 4.69) is 16.7 Å². The number of hydrogen-bond acceptors (Lipinski definition) is 2. The van der Waals surface area contributed by atoms with E-state index >= 15 is 0 Å². The highest BCUT2D eigenvalue weighted by atomic mass is 16.4. The molecule has 2 aromatic carbocycles. The van der Waals surface area contributed by atoms with E-state index in [0.717, 1.165) is 27.5 Å². The van der Waals surface area contributed by atoms with Crippen molar-refractivity contribution in [2.45, 2.75) is 19.4 Å². The van der Waals surface area contributed by atoms with Crippen LogP contribution < -0.4 is 5.73 Å². The number of carbonyl (C=O) groups is 1. The Hall–Kier alpha value is -2.49. The highest BCUT2D eigenvalue weighted by Crippen LogP contribution is 2.30. The minimum absolute atomic E-state index is 0.184. The summed E-state index contributed by atoms with van der Waals surface area (Å²) in [5.41, 5.74) is 8.84. The lowest BCUT2D eigenvalue weighted by Crippen LogP contribution is -2.01. The summed E-state index contributed by atoms with van der Waals surface area (Å²) in [5.74, 6) is -0.755. The highest BCUT2D eigenvalue weighted by Gasteiger charge is 2.10. The molecular weight excluding hydrogens is 252 g/mol. The lowest BCUT2D eigenvalue weighted by Gasteiger charge is -2.06. The Morgan fingerprint density at radius 2 is 1.85 bits per heavy atom. The zero-order valence-corrected chi connectivity index (χ0v) is 11.0. The van der Waals surface area contributed by atoms with Gasteiger partial charge in [0, 0.05) is 40.5 Å². The van der Waals surface area contributed by atoms with Gasteiger partial charge in [-0.3, -0.25) is 4.79 Å². The Bertz CT molecular complexity index is 790. The molecule has 3 aromatic rings. The van der Waals surface area contributed by atoms with Crippen LogP contribution in [0.2, 0.25) is 0 Å². The summed E-state index contributed by atoms with van der Waals surface area (Å²) in [6, 6.07) is 14.0. The Labute approximate surface area is 116 Å². The van der Waals surface area contributed by atoms with E-state index in [0.29, 0.717) is 13.0 Å². The summed E-state index contributed by atoms with van der Waals surface area (Å²) in [4.78, 5) is 10.7. The Morgan fingerprint density at radius 1 is 1.10 bits per heavy atom. The first-order valence-corrected chi connectivity index (χ1v) is 6.65.